The Morgan fingerprint density at radius 3 is 2.67 bits per heavy atom. The molecule has 0 heterocycles. The number of rotatable bonds is 5. The Kier molecular flexibility index (Phi) is 5.40. The highest BCUT2D eigenvalue weighted by molar-refractivity contribution is 6.32. The molecule has 0 N–H and O–H groups in total. The van der Waals surface area contributed by atoms with Gasteiger partial charge in [0.25, 0.3) is 0 Å². The summed E-state index contributed by atoms with van der Waals surface area (Å²) in [6, 6.07) is 12.0. The first-order chi connectivity index (χ1) is 10.1. The highest BCUT2D eigenvalue weighted by atomic mass is 35.5. The summed E-state index contributed by atoms with van der Waals surface area (Å²) in [5, 5.41) is 0.619. The molecule has 0 aliphatic carbocycles. The summed E-state index contributed by atoms with van der Waals surface area (Å²) in [6.45, 7) is 6.87. The van der Waals surface area contributed by atoms with Crippen LogP contribution in [0.1, 0.15) is 30.0 Å². The first kappa shape index (κ1) is 15.6. The molecule has 2 nitrogen and oxygen atoms in total. The van der Waals surface area contributed by atoms with Crippen LogP contribution in [0.4, 0.5) is 5.69 Å². The zero-order valence-electron chi connectivity index (χ0n) is 12.7. The molecule has 2 aromatic carbocycles. The molecule has 110 valence electrons. The van der Waals surface area contributed by atoms with E-state index in [0.717, 1.165) is 29.0 Å². The second kappa shape index (κ2) is 7.28. The fraction of sp³-hybridized carbons (Fsp3) is 0.278. The fourth-order valence-electron chi connectivity index (χ4n) is 1.93. The van der Waals surface area contributed by atoms with Gasteiger partial charge < -0.3 is 4.74 Å². The molecule has 0 amide bonds. The fourth-order valence-corrected chi connectivity index (χ4v) is 2.17. The molecule has 2 aromatic rings. The Hall–Kier alpha value is -1.80. The first-order valence-corrected chi connectivity index (χ1v) is 7.51. The van der Waals surface area contributed by atoms with Crippen LogP contribution in [-0.4, -0.2) is 12.8 Å². The molecule has 0 unspecified atom stereocenters. The topological polar surface area (TPSA) is 21.6 Å². The molecule has 0 saturated carbocycles. The molecular weight excluding hydrogens is 282 g/mol. The van der Waals surface area contributed by atoms with Gasteiger partial charge in [0.2, 0.25) is 0 Å². The Bertz CT molecular complexity index is 650. The van der Waals surface area contributed by atoms with Gasteiger partial charge >= 0.3 is 0 Å². The van der Waals surface area contributed by atoms with Crippen molar-refractivity contribution < 1.29 is 4.74 Å². The molecule has 0 atom stereocenters. The predicted molar refractivity (Wildman–Crippen MR) is 90.4 cm³/mol. The van der Waals surface area contributed by atoms with Crippen LogP contribution in [0.3, 0.4) is 0 Å². The summed E-state index contributed by atoms with van der Waals surface area (Å²) in [4.78, 5) is 4.55. The van der Waals surface area contributed by atoms with Gasteiger partial charge in [-0.25, -0.2) is 0 Å². The van der Waals surface area contributed by atoms with Crippen molar-refractivity contribution in [2.45, 2.75) is 27.2 Å². The summed E-state index contributed by atoms with van der Waals surface area (Å²) in [7, 11) is 0. The third-order valence-corrected chi connectivity index (χ3v) is 3.43. The number of nitrogens with zero attached hydrogens (tertiary/aromatic N) is 1. The van der Waals surface area contributed by atoms with Crippen LogP contribution in [0.2, 0.25) is 5.02 Å². The number of halogens is 1. The van der Waals surface area contributed by atoms with Crippen LogP contribution < -0.4 is 4.74 Å². The van der Waals surface area contributed by atoms with E-state index in [0.29, 0.717) is 11.6 Å². The first-order valence-electron chi connectivity index (χ1n) is 7.14. The summed E-state index contributed by atoms with van der Waals surface area (Å²) in [5.74, 6) is 0.724. The van der Waals surface area contributed by atoms with E-state index in [2.05, 4.69) is 44.0 Å². The predicted octanol–water partition coefficient (Wildman–Crippen LogP) is 5.50. The molecule has 21 heavy (non-hydrogen) atoms. The molecule has 0 bridgehead atoms. The van der Waals surface area contributed by atoms with Crippen LogP contribution in [0.15, 0.2) is 41.4 Å². The van der Waals surface area contributed by atoms with Gasteiger partial charge in [0.15, 0.2) is 0 Å². The number of aryl methyl sites for hydroxylation is 2. The smallest absolute Gasteiger partial charge is 0.137 e. The van der Waals surface area contributed by atoms with Crippen LogP contribution >= 0.6 is 11.6 Å². The monoisotopic (exact) mass is 301 g/mol. The van der Waals surface area contributed by atoms with Crippen LogP contribution in [-0.2, 0) is 0 Å². The number of benzene rings is 2. The van der Waals surface area contributed by atoms with E-state index >= 15 is 0 Å². The minimum absolute atomic E-state index is 0.619. The van der Waals surface area contributed by atoms with Crippen molar-refractivity contribution >= 4 is 23.5 Å². The number of hydrogen-bond donors (Lipinski definition) is 0. The standard InChI is InChI=1S/C18H20ClNO/c1-4-9-21-18-8-7-15(11-16(18)19)12-20-17-10-13(2)5-6-14(17)3/h5-8,10-12H,4,9H2,1-3H3. The molecule has 0 spiro atoms. The van der Waals surface area contributed by atoms with E-state index < -0.39 is 0 Å². The minimum Gasteiger partial charge on any atom is -0.492 e. The van der Waals surface area contributed by atoms with E-state index in [-0.39, 0.29) is 0 Å². The third kappa shape index (κ3) is 4.33. The molecule has 0 aliphatic heterocycles. The van der Waals surface area contributed by atoms with Crippen molar-refractivity contribution in [2.75, 3.05) is 6.61 Å². The number of ether oxygens (including phenoxy) is 1. The number of hydrogen-bond acceptors (Lipinski definition) is 2. The highest BCUT2D eigenvalue weighted by Crippen LogP contribution is 2.26. The molecule has 0 saturated heterocycles. The summed E-state index contributed by atoms with van der Waals surface area (Å²) >= 11 is 6.22. The van der Waals surface area contributed by atoms with E-state index in [1.165, 1.54) is 5.56 Å². The van der Waals surface area contributed by atoms with Crippen molar-refractivity contribution in [1.82, 2.24) is 0 Å². The van der Waals surface area contributed by atoms with Gasteiger partial charge in [0.05, 0.1) is 17.3 Å². The van der Waals surface area contributed by atoms with Gasteiger partial charge in [-0.05, 0) is 61.2 Å². The Labute approximate surface area is 131 Å². The maximum absolute atomic E-state index is 6.22. The average molecular weight is 302 g/mol. The summed E-state index contributed by atoms with van der Waals surface area (Å²) in [6.07, 6.45) is 2.80. The van der Waals surface area contributed by atoms with Gasteiger partial charge in [0.1, 0.15) is 5.75 Å². The van der Waals surface area contributed by atoms with E-state index in [4.69, 9.17) is 16.3 Å². The molecule has 0 aliphatic rings. The van der Waals surface area contributed by atoms with Crippen molar-refractivity contribution in [3.8, 4) is 5.75 Å². The average Bonchev–Trinajstić information content (AvgIpc) is 2.47. The van der Waals surface area contributed by atoms with Crippen molar-refractivity contribution in [3.63, 3.8) is 0 Å². The lowest BCUT2D eigenvalue weighted by molar-refractivity contribution is 0.317. The van der Waals surface area contributed by atoms with Crippen LogP contribution in [0.25, 0.3) is 0 Å². The summed E-state index contributed by atoms with van der Waals surface area (Å²) in [5.41, 5.74) is 4.31. The van der Waals surface area contributed by atoms with Crippen LogP contribution in [0.5, 0.6) is 5.75 Å². The Morgan fingerprint density at radius 2 is 1.95 bits per heavy atom. The van der Waals surface area contributed by atoms with Gasteiger partial charge in [-0.2, -0.15) is 0 Å². The van der Waals surface area contributed by atoms with E-state index in [1.54, 1.807) is 0 Å². The maximum Gasteiger partial charge on any atom is 0.137 e. The highest BCUT2D eigenvalue weighted by Gasteiger charge is 2.02. The SMILES string of the molecule is CCCOc1ccc(C=Nc2cc(C)ccc2C)cc1Cl. The molecule has 0 aromatic heterocycles. The Morgan fingerprint density at radius 1 is 1.14 bits per heavy atom. The van der Waals surface area contributed by atoms with Gasteiger partial charge in [0, 0.05) is 6.21 Å². The largest absolute Gasteiger partial charge is 0.492 e. The van der Waals surface area contributed by atoms with Crippen molar-refractivity contribution in [3.05, 3.63) is 58.1 Å². The normalized spacial score (nSPS) is 11.0. The second-order valence-corrected chi connectivity index (χ2v) is 5.49. The van der Waals surface area contributed by atoms with Gasteiger partial charge in [-0.1, -0.05) is 30.7 Å². The molecule has 2 rings (SSSR count). The second-order valence-electron chi connectivity index (χ2n) is 5.09. The zero-order valence-corrected chi connectivity index (χ0v) is 13.4. The molecule has 3 heteroatoms. The lowest BCUT2D eigenvalue weighted by Gasteiger charge is -2.07. The number of aliphatic imine (C=N–C) groups is 1. The third-order valence-electron chi connectivity index (χ3n) is 3.13. The Balaban J connectivity index is 2.17. The molecule has 0 fully saturated rings. The van der Waals surface area contributed by atoms with E-state index in [1.807, 2.05) is 24.4 Å². The molecule has 0 radical (unpaired) electrons. The minimum atomic E-state index is 0.619. The van der Waals surface area contributed by atoms with Crippen LogP contribution in [0, 0.1) is 13.8 Å². The lowest BCUT2D eigenvalue weighted by atomic mass is 10.1. The van der Waals surface area contributed by atoms with Gasteiger partial charge in [-0.15, -0.1) is 0 Å². The molecular formula is C18H20ClNO. The van der Waals surface area contributed by atoms with Crippen molar-refractivity contribution in [1.29, 1.82) is 0 Å². The van der Waals surface area contributed by atoms with E-state index in [9.17, 15) is 0 Å². The zero-order chi connectivity index (χ0) is 15.2. The van der Waals surface area contributed by atoms with Crippen molar-refractivity contribution in [2.24, 2.45) is 4.99 Å². The lowest BCUT2D eigenvalue weighted by Crippen LogP contribution is -1.96. The quantitative estimate of drug-likeness (QED) is 0.669. The maximum atomic E-state index is 6.22. The summed E-state index contributed by atoms with van der Waals surface area (Å²) < 4.78 is 5.56. The van der Waals surface area contributed by atoms with Gasteiger partial charge in [-0.3, -0.25) is 4.99 Å².